The molecule has 1 N–H and O–H groups in total. The number of hydrogen-bond donors (Lipinski definition) is 1. The van der Waals surface area contributed by atoms with Crippen LogP contribution >= 0.6 is 27.7 Å². The molecule has 0 saturated carbocycles. The molecule has 1 heterocycles. The van der Waals surface area contributed by atoms with Crippen molar-refractivity contribution in [1.82, 2.24) is 10.2 Å². The molecule has 1 aromatic heterocycles. The van der Waals surface area contributed by atoms with Gasteiger partial charge in [0.1, 0.15) is 6.07 Å². The Morgan fingerprint density at radius 2 is 2.08 bits per heavy atom. The Bertz CT molecular complexity index is 895. The van der Waals surface area contributed by atoms with E-state index in [0.717, 1.165) is 38.7 Å². The number of halogens is 1. The van der Waals surface area contributed by atoms with Crippen LogP contribution in [0.15, 0.2) is 47.5 Å². The fraction of sp³-hybridized carbons (Fsp3) is 0.263. The summed E-state index contributed by atoms with van der Waals surface area (Å²) in [5.74, 6) is 0. The summed E-state index contributed by atoms with van der Waals surface area (Å²) in [6.07, 6.45) is 2.76. The number of benzene rings is 2. The van der Waals surface area contributed by atoms with Gasteiger partial charge in [-0.25, -0.2) is 0 Å². The lowest BCUT2D eigenvalue weighted by Crippen LogP contribution is -2.15. The molecule has 122 valence electrons. The number of hydrogen-bond acceptors (Lipinski definition) is 3. The van der Waals surface area contributed by atoms with Crippen LogP contribution in [0.4, 0.5) is 0 Å². The predicted molar refractivity (Wildman–Crippen MR) is 105 cm³/mol. The van der Waals surface area contributed by atoms with E-state index in [1.54, 1.807) is 6.20 Å². The van der Waals surface area contributed by atoms with Gasteiger partial charge in [0.15, 0.2) is 0 Å². The number of H-pyrrole nitrogens is 1. The molecular formula is C19H18BrN3S. The highest BCUT2D eigenvalue weighted by Gasteiger charge is 2.24. The van der Waals surface area contributed by atoms with Crippen molar-refractivity contribution in [3.8, 4) is 17.3 Å². The molecule has 0 bridgehead atoms. The van der Waals surface area contributed by atoms with Crippen LogP contribution in [0, 0.1) is 11.3 Å². The highest BCUT2D eigenvalue weighted by atomic mass is 79.9. The zero-order chi connectivity index (χ0) is 17.2. The van der Waals surface area contributed by atoms with Crippen molar-refractivity contribution in [1.29, 1.82) is 5.26 Å². The van der Waals surface area contributed by atoms with E-state index in [1.807, 2.05) is 36.0 Å². The third kappa shape index (κ3) is 3.35. The molecule has 3 rings (SSSR count). The molecule has 24 heavy (non-hydrogen) atoms. The fourth-order valence-electron chi connectivity index (χ4n) is 2.76. The second-order valence-corrected chi connectivity index (χ2v) is 8.77. The minimum atomic E-state index is 0.0630. The molecule has 0 aliphatic carbocycles. The van der Waals surface area contributed by atoms with Crippen molar-refractivity contribution < 1.29 is 0 Å². The summed E-state index contributed by atoms with van der Waals surface area (Å²) >= 11 is 5.35. The second kappa shape index (κ2) is 7.00. The van der Waals surface area contributed by atoms with E-state index in [1.165, 1.54) is 0 Å². The molecule has 0 aliphatic rings. The van der Waals surface area contributed by atoms with Crippen molar-refractivity contribution in [2.24, 2.45) is 0 Å². The van der Waals surface area contributed by atoms with Gasteiger partial charge in [0.05, 0.1) is 11.3 Å². The first kappa shape index (κ1) is 17.1. The zero-order valence-electron chi connectivity index (χ0n) is 13.6. The Labute approximate surface area is 154 Å². The Balaban J connectivity index is 2.27. The summed E-state index contributed by atoms with van der Waals surface area (Å²) in [4.78, 5) is 1.11. The maximum absolute atomic E-state index is 9.84. The number of rotatable bonds is 5. The lowest BCUT2D eigenvalue weighted by molar-refractivity contribution is 0.694. The maximum Gasteiger partial charge on any atom is 0.101 e. The van der Waals surface area contributed by atoms with Crippen molar-refractivity contribution in [3.05, 3.63) is 48.2 Å². The molecule has 0 spiro atoms. The lowest BCUT2D eigenvalue weighted by atomic mass is 9.98. The number of aromatic nitrogens is 2. The average Bonchev–Trinajstić information content (AvgIpc) is 3.07. The van der Waals surface area contributed by atoms with Crippen molar-refractivity contribution in [2.45, 2.75) is 29.9 Å². The van der Waals surface area contributed by atoms with E-state index < -0.39 is 0 Å². The van der Waals surface area contributed by atoms with Gasteiger partial charge in [0, 0.05) is 32.1 Å². The van der Waals surface area contributed by atoms with Gasteiger partial charge < -0.3 is 0 Å². The third-order valence-corrected chi connectivity index (χ3v) is 5.67. The molecule has 0 fully saturated rings. The number of nitrogens with zero attached hydrogens (tertiary/aromatic N) is 2. The van der Waals surface area contributed by atoms with Crippen LogP contribution in [0.3, 0.4) is 0 Å². The van der Waals surface area contributed by atoms with Gasteiger partial charge in [-0.3, -0.25) is 5.10 Å². The van der Waals surface area contributed by atoms with Crippen molar-refractivity contribution in [2.75, 3.05) is 5.33 Å². The Morgan fingerprint density at radius 1 is 1.29 bits per heavy atom. The minimum Gasteiger partial charge on any atom is -0.278 e. The molecule has 0 radical (unpaired) electrons. The van der Waals surface area contributed by atoms with Crippen LogP contribution in [0.25, 0.3) is 22.0 Å². The Hall–Kier alpha value is -1.77. The largest absolute Gasteiger partial charge is 0.278 e. The number of aromatic amines is 1. The Morgan fingerprint density at radius 3 is 2.75 bits per heavy atom. The lowest BCUT2D eigenvalue weighted by Gasteiger charge is -2.25. The highest BCUT2D eigenvalue weighted by Crippen LogP contribution is 2.44. The first-order chi connectivity index (χ1) is 11.6. The summed E-state index contributed by atoms with van der Waals surface area (Å²) in [7, 11) is 0. The fourth-order valence-corrected chi connectivity index (χ4v) is 5.31. The van der Waals surface area contributed by atoms with Crippen LogP contribution in [-0.2, 0) is 0 Å². The van der Waals surface area contributed by atoms with E-state index in [9.17, 15) is 5.26 Å². The monoisotopic (exact) mass is 399 g/mol. The number of nitrogens with one attached hydrogen (secondary N) is 1. The quantitative estimate of drug-likeness (QED) is 0.438. The topological polar surface area (TPSA) is 52.5 Å². The smallest absolute Gasteiger partial charge is 0.101 e. The van der Waals surface area contributed by atoms with Crippen LogP contribution in [0.2, 0.25) is 0 Å². The molecule has 3 nitrogen and oxygen atoms in total. The van der Waals surface area contributed by atoms with Crippen LogP contribution < -0.4 is 0 Å². The number of nitriles is 1. The van der Waals surface area contributed by atoms with Crippen LogP contribution in [0.5, 0.6) is 0 Å². The third-order valence-electron chi connectivity index (χ3n) is 3.98. The van der Waals surface area contributed by atoms with Crippen LogP contribution in [-0.4, -0.2) is 20.3 Å². The van der Waals surface area contributed by atoms with Gasteiger partial charge in [0.2, 0.25) is 0 Å². The first-order valence-corrected chi connectivity index (χ1v) is 9.70. The summed E-state index contributed by atoms with van der Waals surface area (Å²) in [6.45, 7) is 4.47. The number of alkyl halides is 1. The summed E-state index contributed by atoms with van der Waals surface area (Å²) in [6, 6.07) is 14.6. The predicted octanol–water partition coefficient (Wildman–Crippen LogP) is 5.76. The van der Waals surface area contributed by atoms with Crippen molar-refractivity contribution in [3.63, 3.8) is 0 Å². The van der Waals surface area contributed by atoms with Gasteiger partial charge in [-0.15, -0.1) is 11.8 Å². The normalized spacial score (nSPS) is 11.6. The molecule has 0 unspecified atom stereocenters. The average molecular weight is 400 g/mol. The minimum absolute atomic E-state index is 0.0630. The Kier molecular flexibility index (Phi) is 4.98. The maximum atomic E-state index is 9.84. The SMILES string of the molecule is CC(C)(CCBr)Sc1cc2ccccc2c(C#N)c1-c1ccn[nH]1. The van der Waals surface area contributed by atoms with Gasteiger partial charge in [-0.1, -0.05) is 54.0 Å². The molecule has 0 aliphatic heterocycles. The summed E-state index contributed by atoms with van der Waals surface area (Å²) < 4.78 is 0.0630. The number of fused-ring (bicyclic) bond motifs is 1. The molecule has 3 aromatic rings. The van der Waals surface area contributed by atoms with Gasteiger partial charge in [0.25, 0.3) is 0 Å². The van der Waals surface area contributed by atoms with Gasteiger partial charge in [-0.05, 0) is 23.9 Å². The van der Waals surface area contributed by atoms with E-state index in [-0.39, 0.29) is 4.75 Å². The van der Waals surface area contributed by atoms with Gasteiger partial charge in [-0.2, -0.15) is 10.4 Å². The van der Waals surface area contributed by atoms with E-state index in [2.05, 4.69) is 58.2 Å². The molecule has 2 aromatic carbocycles. The molecule has 0 saturated heterocycles. The molecule has 0 amide bonds. The van der Waals surface area contributed by atoms with E-state index in [0.29, 0.717) is 5.56 Å². The van der Waals surface area contributed by atoms with Crippen molar-refractivity contribution >= 4 is 38.5 Å². The molecule has 0 atom stereocenters. The van der Waals surface area contributed by atoms with E-state index in [4.69, 9.17) is 0 Å². The second-order valence-electron chi connectivity index (χ2n) is 6.23. The first-order valence-electron chi connectivity index (χ1n) is 7.76. The van der Waals surface area contributed by atoms with E-state index >= 15 is 0 Å². The molecular weight excluding hydrogens is 382 g/mol. The van der Waals surface area contributed by atoms with Crippen LogP contribution in [0.1, 0.15) is 25.8 Å². The summed E-state index contributed by atoms with van der Waals surface area (Å²) in [5, 5.41) is 20.0. The molecule has 5 heteroatoms. The zero-order valence-corrected chi connectivity index (χ0v) is 16.0. The van der Waals surface area contributed by atoms with Gasteiger partial charge >= 0.3 is 0 Å². The number of thioether (sulfide) groups is 1. The summed E-state index contributed by atoms with van der Waals surface area (Å²) in [5.41, 5.74) is 2.53. The highest BCUT2D eigenvalue weighted by molar-refractivity contribution is 9.09. The standard InChI is InChI=1S/C19H18BrN3S/c1-19(2,8-9-20)24-17-11-13-5-3-4-6-14(13)15(12-21)18(17)16-7-10-22-23-16/h3-7,10-11H,8-9H2,1-2H3,(H,22,23).